The van der Waals surface area contributed by atoms with Crippen LogP contribution in [0, 0.1) is 0 Å². The molecule has 0 atom stereocenters. The van der Waals surface area contributed by atoms with E-state index >= 15 is 0 Å². The SMILES string of the molecule is COc1ccc(C(=O)Nc2ccc(C(C)(C)CN(C)Cc3ccccc3)cc2)cc1OC. The summed E-state index contributed by atoms with van der Waals surface area (Å²) in [5, 5.41) is 2.95. The van der Waals surface area contributed by atoms with E-state index in [-0.39, 0.29) is 11.3 Å². The summed E-state index contributed by atoms with van der Waals surface area (Å²) < 4.78 is 10.5. The van der Waals surface area contributed by atoms with Gasteiger partial charge in [0.25, 0.3) is 5.91 Å². The van der Waals surface area contributed by atoms with Crippen molar-refractivity contribution in [1.29, 1.82) is 0 Å². The second kappa shape index (κ2) is 10.3. The number of hydrogen-bond acceptors (Lipinski definition) is 4. The number of carbonyl (C=O) groups is 1. The molecule has 0 aliphatic rings. The van der Waals surface area contributed by atoms with E-state index in [9.17, 15) is 4.79 Å². The van der Waals surface area contributed by atoms with Crippen molar-refractivity contribution in [1.82, 2.24) is 4.90 Å². The third-order valence-corrected chi connectivity index (χ3v) is 5.53. The number of benzene rings is 3. The fourth-order valence-electron chi connectivity index (χ4n) is 3.90. The van der Waals surface area contributed by atoms with Gasteiger partial charge in [-0.05, 0) is 48.5 Å². The lowest BCUT2D eigenvalue weighted by Gasteiger charge is -2.31. The Morgan fingerprint density at radius 3 is 2.19 bits per heavy atom. The van der Waals surface area contributed by atoms with Crippen LogP contribution in [0.2, 0.25) is 0 Å². The molecule has 0 saturated heterocycles. The molecule has 32 heavy (non-hydrogen) atoms. The van der Waals surface area contributed by atoms with Crippen molar-refractivity contribution < 1.29 is 14.3 Å². The minimum atomic E-state index is -0.194. The Bertz CT molecular complexity index is 1030. The minimum Gasteiger partial charge on any atom is -0.493 e. The first kappa shape index (κ1) is 23.4. The number of anilines is 1. The number of nitrogens with zero attached hydrogens (tertiary/aromatic N) is 1. The molecule has 0 radical (unpaired) electrons. The van der Waals surface area contributed by atoms with E-state index in [1.165, 1.54) is 11.1 Å². The highest BCUT2D eigenvalue weighted by Crippen LogP contribution is 2.29. The third kappa shape index (κ3) is 5.89. The van der Waals surface area contributed by atoms with Gasteiger partial charge in [0.05, 0.1) is 14.2 Å². The van der Waals surface area contributed by atoms with Gasteiger partial charge in [-0.25, -0.2) is 0 Å². The van der Waals surface area contributed by atoms with E-state index in [1.54, 1.807) is 32.4 Å². The summed E-state index contributed by atoms with van der Waals surface area (Å²) in [6.07, 6.45) is 0. The largest absolute Gasteiger partial charge is 0.493 e. The predicted molar refractivity (Wildman–Crippen MR) is 130 cm³/mol. The van der Waals surface area contributed by atoms with E-state index in [1.807, 2.05) is 18.2 Å². The first-order chi connectivity index (χ1) is 15.3. The summed E-state index contributed by atoms with van der Waals surface area (Å²) in [6.45, 7) is 6.31. The Morgan fingerprint density at radius 1 is 0.906 bits per heavy atom. The quantitative estimate of drug-likeness (QED) is 0.494. The summed E-state index contributed by atoms with van der Waals surface area (Å²) in [4.78, 5) is 15.0. The molecule has 0 heterocycles. The molecule has 5 heteroatoms. The number of amides is 1. The Hall–Kier alpha value is -3.31. The van der Waals surface area contributed by atoms with Gasteiger partial charge in [0.1, 0.15) is 0 Å². The van der Waals surface area contributed by atoms with Crippen molar-refractivity contribution in [2.75, 3.05) is 33.1 Å². The molecule has 0 aliphatic carbocycles. The average molecular weight is 433 g/mol. The van der Waals surface area contributed by atoms with Gasteiger partial charge in [-0.15, -0.1) is 0 Å². The zero-order valence-corrected chi connectivity index (χ0v) is 19.5. The number of likely N-dealkylation sites (N-methyl/N-ethyl adjacent to an activating group) is 1. The van der Waals surface area contributed by atoms with Gasteiger partial charge in [0.2, 0.25) is 0 Å². The van der Waals surface area contributed by atoms with Gasteiger partial charge in [-0.2, -0.15) is 0 Å². The van der Waals surface area contributed by atoms with Crippen molar-refractivity contribution >= 4 is 11.6 Å². The summed E-state index contributed by atoms with van der Waals surface area (Å²) in [7, 11) is 5.27. The van der Waals surface area contributed by atoms with Crippen molar-refractivity contribution in [3.63, 3.8) is 0 Å². The van der Waals surface area contributed by atoms with Gasteiger partial charge >= 0.3 is 0 Å². The van der Waals surface area contributed by atoms with Crippen LogP contribution in [0.15, 0.2) is 72.8 Å². The molecule has 0 aliphatic heterocycles. The third-order valence-electron chi connectivity index (χ3n) is 5.53. The number of ether oxygens (including phenoxy) is 2. The topological polar surface area (TPSA) is 50.8 Å². The second-order valence-corrected chi connectivity index (χ2v) is 8.64. The molecule has 0 unspecified atom stereocenters. The van der Waals surface area contributed by atoms with E-state index in [0.717, 1.165) is 18.8 Å². The van der Waals surface area contributed by atoms with Crippen molar-refractivity contribution in [3.05, 3.63) is 89.5 Å². The van der Waals surface area contributed by atoms with E-state index in [2.05, 4.69) is 67.5 Å². The molecule has 0 aromatic heterocycles. The lowest BCUT2D eigenvalue weighted by Crippen LogP contribution is -2.34. The maximum Gasteiger partial charge on any atom is 0.255 e. The maximum absolute atomic E-state index is 12.7. The van der Waals surface area contributed by atoms with Crippen molar-refractivity contribution in [2.24, 2.45) is 0 Å². The summed E-state index contributed by atoms with van der Waals surface area (Å²) in [5.74, 6) is 0.922. The molecule has 0 spiro atoms. The molecule has 3 rings (SSSR count). The first-order valence-electron chi connectivity index (χ1n) is 10.7. The molecule has 168 valence electrons. The van der Waals surface area contributed by atoms with Crippen LogP contribution in [0.4, 0.5) is 5.69 Å². The molecule has 1 N–H and O–H groups in total. The van der Waals surface area contributed by atoms with Gasteiger partial charge < -0.3 is 19.7 Å². The molecule has 0 bridgehead atoms. The molecule has 0 fully saturated rings. The van der Waals surface area contributed by atoms with Crippen molar-refractivity contribution in [3.8, 4) is 11.5 Å². The fourth-order valence-corrected chi connectivity index (χ4v) is 3.90. The van der Waals surface area contributed by atoms with E-state index in [4.69, 9.17) is 9.47 Å². The van der Waals surface area contributed by atoms with Crippen LogP contribution in [0.3, 0.4) is 0 Å². The van der Waals surface area contributed by atoms with Gasteiger partial charge in [0, 0.05) is 29.8 Å². The molecule has 3 aromatic carbocycles. The summed E-state index contributed by atoms with van der Waals surface area (Å²) in [5.41, 5.74) is 3.76. The van der Waals surface area contributed by atoms with Gasteiger partial charge in [-0.3, -0.25) is 4.79 Å². The van der Waals surface area contributed by atoms with E-state index in [0.29, 0.717) is 17.1 Å². The lowest BCUT2D eigenvalue weighted by atomic mass is 9.84. The van der Waals surface area contributed by atoms with Crippen LogP contribution in [-0.4, -0.2) is 38.6 Å². The standard InChI is InChI=1S/C27H32N2O3/c1-27(2,19-29(3)18-20-9-7-6-8-10-20)22-12-14-23(15-13-22)28-26(30)21-11-16-24(31-4)25(17-21)32-5/h6-17H,18-19H2,1-5H3,(H,28,30). The zero-order valence-electron chi connectivity index (χ0n) is 19.5. The number of hydrogen-bond donors (Lipinski definition) is 1. The maximum atomic E-state index is 12.7. The van der Waals surface area contributed by atoms with Crippen molar-refractivity contribution in [2.45, 2.75) is 25.8 Å². The molecular formula is C27H32N2O3. The smallest absolute Gasteiger partial charge is 0.255 e. The van der Waals surface area contributed by atoms with E-state index < -0.39 is 0 Å². The molecular weight excluding hydrogens is 400 g/mol. The predicted octanol–water partition coefficient (Wildman–Crippen LogP) is 5.37. The first-order valence-corrected chi connectivity index (χ1v) is 10.7. The summed E-state index contributed by atoms with van der Waals surface area (Å²) >= 11 is 0. The molecule has 1 amide bonds. The Morgan fingerprint density at radius 2 is 1.56 bits per heavy atom. The highest BCUT2D eigenvalue weighted by Gasteiger charge is 2.23. The highest BCUT2D eigenvalue weighted by molar-refractivity contribution is 6.04. The van der Waals surface area contributed by atoms with Crippen LogP contribution in [-0.2, 0) is 12.0 Å². The summed E-state index contributed by atoms with van der Waals surface area (Å²) in [6, 6.07) is 23.7. The monoisotopic (exact) mass is 432 g/mol. The Kier molecular flexibility index (Phi) is 7.54. The lowest BCUT2D eigenvalue weighted by molar-refractivity contribution is 0.102. The minimum absolute atomic E-state index is 0.0323. The van der Waals surface area contributed by atoms with Crippen LogP contribution in [0.1, 0.15) is 35.3 Å². The van der Waals surface area contributed by atoms with Crippen LogP contribution in [0.25, 0.3) is 0 Å². The van der Waals surface area contributed by atoms with Crippen LogP contribution < -0.4 is 14.8 Å². The average Bonchev–Trinajstić information content (AvgIpc) is 2.79. The van der Waals surface area contributed by atoms with Crippen LogP contribution in [0.5, 0.6) is 11.5 Å². The normalized spacial score (nSPS) is 11.3. The number of rotatable bonds is 9. The molecule has 5 nitrogen and oxygen atoms in total. The highest BCUT2D eigenvalue weighted by atomic mass is 16.5. The van der Waals surface area contributed by atoms with Crippen LogP contribution >= 0.6 is 0 Å². The Balaban J connectivity index is 1.64. The van der Waals surface area contributed by atoms with Gasteiger partial charge in [-0.1, -0.05) is 56.3 Å². The number of methoxy groups -OCH3 is 2. The number of nitrogens with one attached hydrogen (secondary N) is 1. The molecule has 3 aromatic rings. The van der Waals surface area contributed by atoms with Gasteiger partial charge in [0.15, 0.2) is 11.5 Å². The number of carbonyl (C=O) groups excluding carboxylic acids is 1. The fraction of sp³-hybridized carbons (Fsp3) is 0.296. The Labute approximate surface area is 191 Å². The molecule has 0 saturated carbocycles. The second-order valence-electron chi connectivity index (χ2n) is 8.64. The zero-order chi connectivity index (χ0) is 23.1.